The molecule has 1 heterocycles. The van der Waals surface area contributed by atoms with Crippen LogP contribution in [0.2, 0.25) is 0 Å². The molecule has 1 N–H and O–H groups in total. The average molecular weight is 217 g/mol. The monoisotopic (exact) mass is 217 g/mol. The van der Waals surface area contributed by atoms with E-state index in [1.807, 2.05) is 37.3 Å². The van der Waals surface area contributed by atoms with Crippen molar-refractivity contribution < 1.29 is 9.53 Å². The van der Waals surface area contributed by atoms with E-state index in [1.165, 1.54) is 0 Å². The first-order valence-electron chi connectivity index (χ1n) is 5.40. The van der Waals surface area contributed by atoms with Gasteiger partial charge in [-0.05, 0) is 18.6 Å². The van der Waals surface area contributed by atoms with Crippen LogP contribution in [0, 0.1) is 5.92 Å². The van der Waals surface area contributed by atoms with E-state index in [0.717, 1.165) is 11.3 Å². The Morgan fingerprint density at radius 3 is 3.00 bits per heavy atom. The molecule has 1 aliphatic carbocycles. The fraction of sp³-hybridized carbons (Fsp3) is 0.308. The zero-order valence-corrected chi connectivity index (χ0v) is 9.27. The first-order chi connectivity index (χ1) is 7.72. The molecule has 0 bridgehead atoms. The third kappa shape index (κ3) is 1.99. The van der Waals surface area contributed by atoms with Crippen LogP contribution >= 0.6 is 0 Å². The lowest BCUT2D eigenvalue weighted by molar-refractivity contribution is -0.127. The van der Waals surface area contributed by atoms with Gasteiger partial charge in [0.1, 0.15) is 0 Å². The lowest BCUT2D eigenvalue weighted by Crippen LogP contribution is -2.28. The van der Waals surface area contributed by atoms with Crippen molar-refractivity contribution in [1.82, 2.24) is 5.32 Å². The lowest BCUT2D eigenvalue weighted by Gasteiger charge is -2.16. The summed E-state index contributed by atoms with van der Waals surface area (Å²) in [7, 11) is 0. The third-order valence-corrected chi connectivity index (χ3v) is 2.66. The van der Waals surface area contributed by atoms with Gasteiger partial charge in [0.15, 0.2) is 6.10 Å². The van der Waals surface area contributed by atoms with E-state index in [4.69, 9.17) is 4.74 Å². The van der Waals surface area contributed by atoms with Crippen LogP contribution in [0.4, 0.5) is 0 Å². The summed E-state index contributed by atoms with van der Waals surface area (Å²) in [5, 5.41) is 2.84. The molecule has 2 atom stereocenters. The number of carbonyl (C=O) groups excluding carboxylic acids is 1. The molecular formula is C13H15NO2. The Morgan fingerprint density at radius 1 is 1.50 bits per heavy atom. The molecule has 0 saturated carbocycles. The van der Waals surface area contributed by atoms with Gasteiger partial charge in [-0.2, -0.15) is 0 Å². The molecule has 2 aliphatic rings. The summed E-state index contributed by atoms with van der Waals surface area (Å²) < 4.78 is 5.31. The van der Waals surface area contributed by atoms with Crippen molar-refractivity contribution in [3.8, 4) is 0 Å². The van der Waals surface area contributed by atoms with Crippen LogP contribution in [-0.2, 0) is 9.53 Å². The largest absolute Gasteiger partial charge is 0.364 e. The number of carbonyl (C=O) groups is 1. The summed E-state index contributed by atoms with van der Waals surface area (Å²) >= 11 is 0. The highest BCUT2D eigenvalue weighted by molar-refractivity contribution is 5.88. The summed E-state index contributed by atoms with van der Waals surface area (Å²) in [5.41, 5.74) is 1.85. The molecule has 0 spiro atoms. The predicted octanol–water partition coefficient (Wildman–Crippen LogP) is 1.70. The molecule has 1 amide bonds. The van der Waals surface area contributed by atoms with E-state index >= 15 is 0 Å². The van der Waals surface area contributed by atoms with Gasteiger partial charge in [0.05, 0.1) is 0 Å². The van der Waals surface area contributed by atoms with Crippen molar-refractivity contribution in [2.75, 3.05) is 6.61 Å². The minimum absolute atomic E-state index is 0.0689. The highest BCUT2D eigenvalue weighted by Crippen LogP contribution is 2.26. The predicted molar refractivity (Wildman–Crippen MR) is 62.5 cm³/mol. The Bertz CT molecular complexity index is 404. The number of ether oxygens (including phenoxy) is 1. The van der Waals surface area contributed by atoms with Crippen LogP contribution in [0.25, 0.3) is 0 Å². The van der Waals surface area contributed by atoms with Crippen molar-refractivity contribution in [2.45, 2.75) is 13.0 Å². The molecule has 0 radical (unpaired) electrons. The minimum Gasteiger partial charge on any atom is -0.364 e. The first-order valence-corrected chi connectivity index (χ1v) is 5.40. The maximum absolute atomic E-state index is 11.6. The lowest BCUT2D eigenvalue weighted by atomic mass is 9.93. The highest BCUT2D eigenvalue weighted by atomic mass is 16.5. The van der Waals surface area contributed by atoms with Gasteiger partial charge in [0.2, 0.25) is 0 Å². The molecule has 3 heteroatoms. The molecule has 0 saturated heterocycles. The van der Waals surface area contributed by atoms with Crippen LogP contribution < -0.4 is 5.32 Å². The average Bonchev–Trinajstić information content (AvgIpc) is 2.61. The number of amides is 1. The van der Waals surface area contributed by atoms with Crippen molar-refractivity contribution in [3.63, 3.8) is 0 Å². The molecule has 1 aliphatic heterocycles. The third-order valence-electron chi connectivity index (χ3n) is 2.66. The van der Waals surface area contributed by atoms with Gasteiger partial charge in [-0.25, -0.2) is 0 Å². The van der Waals surface area contributed by atoms with E-state index in [9.17, 15) is 4.79 Å². The zero-order chi connectivity index (χ0) is 11.5. The molecule has 0 aromatic heterocycles. The van der Waals surface area contributed by atoms with E-state index in [-0.39, 0.29) is 11.8 Å². The minimum atomic E-state index is -0.452. The Morgan fingerprint density at radius 2 is 2.31 bits per heavy atom. The molecule has 16 heavy (non-hydrogen) atoms. The van der Waals surface area contributed by atoms with Gasteiger partial charge in [0.25, 0.3) is 5.91 Å². The van der Waals surface area contributed by atoms with Crippen LogP contribution in [-0.4, -0.2) is 18.6 Å². The van der Waals surface area contributed by atoms with Gasteiger partial charge < -0.3 is 10.1 Å². The molecule has 0 aromatic rings. The van der Waals surface area contributed by atoms with Gasteiger partial charge in [-0.3, -0.25) is 4.79 Å². The topological polar surface area (TPSA) is 38.3 Å². The second-order valence-corrected chi connectivity index (χ2v) is 3.78. The molecule has 0 aromatic carbocycles. The standard InChI is InChI=1S/C13H15NO2/c1-3-16-12-8-11(14-13(12)15)10-7-5-4-6-9(10)2/h4-8,10,12H,2-3H2,1H3,(H,14,15). The number of rotatable bonds is 3. The Kier molecular flexibility index (Phi) is 3.06. The second-order valence-electron chi connectivity index (χ2n) is 3.78. The number of hydrogen-bond acceptors (Lipinski definition) is 2. The van der Waals surface area contributed by atoms with Crippen molar-refractivity contribution >= 4 is 5.91 Å². The maximum atomic E-state index is 11.6. The van der Waals surface area contributed by atoms with Gasteiger partial charge in [-0.1, -0.05) is 30.9 Å². The van der Waals surface area contributed by atoms with Crippen LogP contribution in [0.3, 0.4) is 0 Å². The van der Waals surface area contributed by atoms with E-state index in [1.54, 1.807) is 0 Å². The summed E-state index contributed by atoms with van der Waals surface area (Å²) in [6, 6.07) is 0. The van der Waals surface area contributed by atoms with Crippen molar-refractivity contribution in [1.29, 1.82) is 0 Å². The Labute approximate surface area is 95.2 Å². The smallest absolute Gasteiger partial charge is 0.257 e. The fourth-order valence-electron chi connectivity index (χ4n) is 1.86. The van der Waals surface area contributed by atoms with E-state index in [2.05, 4.69) is 11.9 Å². The Balaban J connectivity index is 2.14. The summed E-state index contributed by atoms with van der Waals surface area (Å²) in [5.74, 6) is -0.0213. The summed E-state index contributed by atoms with van der Waals surface area (Å²) in [4.78, 5) is 11.6. The van der Waals surface area contributed by atoms with E-state index < -0.39 is 6.10 Å². The van der Waals surface area contributed by atoms with Gasteiger partial charge in [0, 0.05) is 18.2 Å². The molecule has 3 nitrogen and oxygen atoms in total. The molecule has 0 fully saturated rings. The molecule has 2 unspecified atom stereocenters. The fourth-order valence-corrected chi connectivity index (χ4v) is 1.86. The maximum Gasteiger partial charge on any atom is 0.257 e. The van der Waals surface area contributed by atoms with Gasteiger partial charge >= 0.3 is 0 Å². The molecule has 2 rings (SSSR count). The zero-order valence-electron chi connectivity index (χ0n) is 9.27. The highest BCUT2D eigenvalue weighted by Gasteiger charge is 2.29. The molecule has 84 valence electrons. The van der Waals surface area contributed by atoms with E-state index in [0.29, 0.717) is 6.61 Å². The number of nitrogens with one attached hydrogen (secondary N) is 1. The SMILES string of the molecule is C=C1C=CC=CC1C1=CC(OCC)C(=O)N1. The quantitative estimate of drug-likeness (QED) is 0.781. The second kappa shape index (κ2) is 4.49. The van der Waals surface area contributed by atoms with Crippen LogP contribution in [0.15, 0.2) is 48.2 Å². The van der Waals surface area contributed by atoms with Crippen molar-refractivity contribution in [3.05, 3.63) is 48.2 Å². The number of hydrogen-bond donors (Lipinski definition) is 1. The first kappa shape index (κ1) is 10.9. The number of allylic oxidation sites excluding steroid dienone is 4. The Hall–Kier alpha value is -1.61. The summed E-state index contributed by atoms with van der Waals surface area (Å²) in [6.07, 6.45) is 9.25. The summed E-state index contributed by atoms with van der Waals surface area (Å²) in [6.45, 7) is 6.37. The van der Waals surface area contributed by atoms with Crippen LogP contribution in [0.5, 0.6) is 0 Å². The molecular weight excluding hydrogens is 202 g/mol. The normalized spacial score (nSPS) is 28.2. The van der Waals surface area contributed by atoms with Gasteiger partial charge in [-0.15, -0.1) is 0 Å². The van der Waals surface area contributed by atoms with Crippen molar-refractivity contribution in [2.24, 2.45) is 5.92 Å². The van der Waals surface area contributed by atoms with Crippen LogP contribution in [0.1, 0.15) is 6.92 Å².